The standard InChI is InChI=1S/C19H21N3O2/c1-2-23-19-6-4-3-5-15(19)13-22(16-8-9-16)12-14-7-10-17-18(11-14)21-24-20-17/h3-7,10-11,16H,2,8-9,12-13H2,1H3. The van der Waals surface area contributed by atoms with Gasteiger partial charge >= 0.3 is 0 Å². The minimum atomic E-state index is 0.658. The number of hydrogen-bond acceptors (Lipinski definition) is 5. The summed E-state index contributed by atoms with van der Waals surface area (Å²) < 4.78 is 10.6. The maximum atomic E-state index is 5.78. The Morgan fingerprint density at radius 1 is 1.08 bits per heavy atom. The Bertz CT molecular complexity index is 826. The average molecular weight is 323 g/mol. The summed E-state index contributed by atoms with van der Waals surface area (Å²) in [7, 11) is 0. The van der Waals surface area contributed by atoms with Crippen LogP contribution in [0.2, 0.25) is 0 Å². The molecular weight excluding hydrogens is 302 g/mol. The fourth-order valence-corrected chi connectivity index (χ4v) is 3.06. The van der Waals surface area contributed by atoms with Crippen molar-refractivity contribution in [2.45, 2.75) is 38.9 Å². The molecule has 124 valence electrons. The highest BCUT2D eigenvalue weighted by atomic mass is 16.6. The van der Waals surface area contributed by atoms with Gasteiger partial charge in [-0.3, -0.25) is 4.90 Å². The van der Waals surface area contributed by atoms with Crippen molar-refractivity contribution in [3.63, 3.8) is 0 Å². The van der Waals surface area contributed by atoms with Gasteiger partial charge in [0.15, 0.2) is 0 Å². The van der Waals surface area contributed by atoms with Crippen LogP contribution in [0, 0.1) is 0 Å². The number of nitrogens with zero attached hydrogens (tertiary/aromatic N) is 3. The monoisotopic (exact) mass is 323 g/mol. The fraction of sp³-hybridized carbons (Fsp3) is 0.368. The Labute approximate surface area is 141 Å². The summed E-state index contributed by atoms with van der Waals surface area (Å²) in [6.45, 7) is 4.51. The minimum absolute atomic E-state index is 0.658. The molecule has 0 N–H and O–H groups in total. The minimum Gasteiger partial charge on any atom is -0.494 e. The summed E-state index contributed by atoms with van der Waals surface area (Å²) >= 11 is 0. The van der Waals surface area contributed by atoms with Gasteiger partial charge in [-0.05, 0) is 53.8 Å². The molecule has 5 nitrogen and oxygen atoms in total. The van der Waals surface area contributed by atoms with Gasteiger partial charge < -0.3 is 4.74 Å². The molecule has 5 heteroatoms. The first-order valence-electron chi connectivity index (χ1n) is 8.49. The van der Waals surface area contributed by atoms with Crippen LogP contribution in [-0.2, 0) is 13.1 Å². The zero-order valence-corrected chi connectivity index (χ0v) is 13.8. The van der Waals surface area contributed by atoms with Crippen molar-refractivity contribution in [3.05, 3.63) is 53.6 Å². The van der Waals surface area contributed by atoms with Crippen molar-refractivity contribution in [1.82, 2.24) is 15.2 Å². The smallest absolute Gasteiger partial charge is 0.135 e. The molecule has 0 amide bonds. The quantitative estimate of drug-likeness (QED) is 0.662. The lowest BCUT2D eigenvalue weighted by molar-refractivity contribution is 0.239. The molecule has 0 spiro atoms. The summed E-state index contributed by atoms with van der Waals surface area (Å²) in [6.07, 6.45) is 2.54. The van der Waals surface area contributed by atoms with Gasteiger partial charge in [0.1, 0.15) is 16.8 Å². The van der Waals surface area contributed by atoms with Gasteiger partial charge in [-0.15, -0.1) is 0 Å². The molecule has 0 atom stereocenters. The van der Waals surface area contributed by atoms with E-state index < -0.39 is 0 Å². The second kappa shape index (κ2) is 6.61. The highest BCUT2D eigenvalue weighted by Gasteiger charge is 2.29. The van der Waals surface area contributed by atoms with E-state index >= 15 is 0 Å². The van der Waals surface area contributed by atoms with Gasteiger partial charge in [-0.25, -0.2) is 4.63 Å². The van der Waals surface area contributed by atoms with E-state index in [9.17, 15) is 0 Å². The predicted octanol–water partition coefficient (Wildman–Crippen LogP) is 3.79. The van der Waals surface area contributed by atoms with Gasteiger partial charge in [0.05, 0.1) is 6.61 Å². The molecule has 2 aromatic carbocycles. The van der Waals surface area contributed by atoms with Gasteiger partial charge in [0.25, 0.3) is 0 Å². The normalized spacial score (nSPS) is 14.4. The van der Waals surface area contributed by atoms with Crippen molar-refractivity contribution in [2.75, 3.05) is 6.61 Å². The largest absolute Gasteiger partial charge is 0.494 e. The van der Waals surface area contributed by atoms with Gasteiger partial charge in [-0.1, -0.05) is 24.3 Å². The molecule has 1 heterocycles. The first-order valence-corrected chi connectivity index (χ1v) is 8.49. The topological polar surface area (TPSA) is 51.4 Å². The molecule has 0 saturated heterocycles. The number of rotatable bonds is 7. The summed E-state index contributed by atoms with van der Waals surface area (Å²) in [5.74, 6) is 0.988. The number of benzene rings is 2. The van der Waals surface area contributed by atoms with E-state index in [-0.39, 0.29) is 0 Å². The van der Waals surface area contributed by atoms with E-state index in [4.69, 9.17) is 9.37 Å². The Morgan fingerprint density at radius 3 is 2.75 bits per heavy atom. The first-order chi connectivity index (χ1) is 11.8. The average Bonchev–Trinajstić information content (AvgIpc) is 3.34. The molecule has 0 aliphatic heterocycles. The molecule has 3 aromatic rings. The van der Waals surface area contributed by atoms with Crippen LogP contribution in [0.25, 0.3) is 11.0 Å². The lowest BCUT2D eigenvalue weighted by atomic mass is 10.1. The van der Waals surface area contributed by atoms with Crippen LogP contribution in [0.3, 0.4) is 0 Å². The molecule has 1 aliphatic carbocycles. The molecule has 1 aliphatic rings. The number of hydrogen-bond donors (Lipinski definition) is 0. The highest BCUT2D eigenvalue weighted by molar-refractivity contribution is 5.73. The van der Waals surface area contributed by atoms with Crippen molar-refractivity contribution in [1.29, 1.82) is 0 Å². The van der Waals surface area contributed by atoms with Gasteiger partial charge in [-0.2, -0.15) is 0 Å². The lowest BCUT2D eigenvalue weighted by Crippen LogP contribution is -2.25. The Balaban J connectivity index is 1.54. The summed E-state index contributed by atoms with van der Waals surface area (Å²) in [6, 6.07) is 15.1. The maximum Gasteiger partial charge on any atom is 0.135 e. The van der Waals surface area contributed by atoms with Crippen LogP contribution < -0.4 is 4.74 Å². The zero-order valence-electron chi connectivity index (χ0n) is 13.8. The highest BCUT2D eigenvalue weighted by Crippen LogP contribution is 2.32. The molecule has 1 aromatic heterocycles. The summed E-state index contributed by atoms with van der Waals surface area (Å²) in [5.41, 5.74) is 4.10. The second-order valence-corrected chi connectivity index (χ2v) is 6.26. The van der Waals surface area contributed by atoms with Crippen molar-refractivity contribution in [2.24, 2.45) is 0 Å². The van der Waals surface area contributed by atoms with Crippen LogP contribution in [0.1, 0.15) is 30.9 Å². The predicted molar refractivity (Wildman–Crippen MR) is 91.7 cm³/mol. The van der Waals surface area contributed by atoms with E-state index in [1.54, 1.807) is 0 Å². The van der Waals surface area contributed by atoms with Crippen molar-refractivity contribution < 1.29 is 9.37 Å². The SMILES string of the molecule is CCOc1ccccc1CN(Cc1ccc2nonc2c1)C1CC1. The van der Waals surface area contributed by atoms with Crippen molar-refractivity contribution in [3.8, 4) is 5.75 Å². The lowest BCUT2D eigenvalue weighted by Gasteiger charge is -2.23. The number of ether oxygens (including phenoxy) is 1. The number of para-hydroxylation sites is 1. The van der Waals surface area contributed by atoms with Crippen molar-refractivity contribution >= 4 is 11.0 Å². The zero-order chi connectivity index (χ0) is 16.4. The Morgan fingerprint density at radius 2 is 1.92 bits per heavy atom. The van der Waals surface area contributed by atoms with Crippen LogP contribution in [0.4, 0.5) is 0 Å². The molecule has 0 unspecified atom stereocenters. The Kier molecular flexibility index (Phi) is 4.17. The van der Waals surface area contributed by atoms with E-state index in [2.05, 4.69) is 45.5 Å². The number of fused-ring (bicyclic) bond motifs is 1. The molecule has 1 fully saturated rings. The van der Waals surface area contributed by atoms with Crippen LogP contribution in [-0.4, -0.2) is 27.9 Å². The molecule has 24 heavy (non-hydrogen) atoms. The fourth-order valence-electron chi connectivity index (χ4n) is 3.06. The second-order valence-electron chi connectivity index (χ2n) is 6.26. The van der Waals surface area contributed by atoms with E-state index in [0.29, 0.717) is 12.6 Å². The van der Waals surface area contributed by atoms with E-state index in [1.165, 1.54) is 24.0 Å². The van der Waals surface area contributed by atoms with E-state index in [1.807, 2.05) is 19.1 Å². The van der Waals surface area contributed by atoms with Gasteiger partial charge in [0.2, 0.25) is 0 Å². The van der Waals surface area contributed by atoms with Crippen LogP contribution in [0.15, 0.2) is 47.1 Å². The molecule has 4 rings (SSSR count). The molecule has 1 saturated carbocycles. The third-order valence-corrected chi connectivity index (χ3v) is 4.41. The van der Waals surface area contributed by atoms with E-state index in [0.717, 1.165) is 29.9 Å². The molecule has 0 radical (unpaired) electrons. The summed E-state index contributed by atoms with van der Waals surface area (Å²) in [4.78, 5) is 2.52. The maximum absolute atomic E-state index is 5.78. The van der Waals surface area contributed by atoms with Crippen LogP contribution in [0.5, 0.6) is 5.75 Å². The molecule has 0 bridgehead atoms. The molecular formula is C19H21N3O2. The summed E-state index contributed by atoms with van der Waals surface area (Å²) in [5, 5.41) is 7.81. The Hall–Kier alpha value is -2.40. The first kappa shape index (κ1) is 15.1. The number of aromatic nitrogens is 2. The third-order valence-electron chi connectivity index (χ3n) is 4.41. The van der Waals surface area contributed by atoms with Crippen LogP contribution >= 0.6 is 0 Å². The third kappa shape index (κ3) is 3.26. The van der Waals surface area contributed by atoms with Gasteiger partial charge in [0, 0.05) is 24.7 Å².